The molecule has 0 aliphatic carbocycles. The van der Waals surface area contributed by atoms with Crippen molar-refractivity contribution in [3.8, 4) is 0 Å². The molecule has 5 nitrogen and oxygen atoms in total. The number of nitrogens with one attached hydrogen (secondary N) is 1. The highest BCUT2D eigenvalue weighted by Gasteiger charge is 2.32. The number of fused-ring (bicyclic) bond motifs is 3. The second-order valence-electron chi connectivity index (χ2n) is 4.90. The number of hydrogen-bond donors (Lipinski definition) is 1. The molecule has 1 unspecified atom stereocenters. The van der Waals surface area contributed by atoms with Crippen molar-refractivity contribution in [2.45, 2.75) is 10.3 Å². The van der Waals surface area contributed by atoms with E-state index in [0.29, 0.717) is 11.6 Å². The molecule has 1 aromatic heterocycles. The molecule has 1 N–H and O–H groups in total. The number of piperazine rings is 3. The molecule has 1 atom stereocenters. The maximum Gasteiger partial charge on any atom is 0.251 e. The Hall–Kier alpha value is -0.180. The van der Waals surface area contributed by atoms with Gasteiger partial charge in [0.25, 0.3) is 10.0 Å². The lowest BCUT2D eigenvalue weighted by Gasteiger charge is -2.47. The fraction of sp³-hybridized carbons (Fsp3) is 0.636. The van der Waals surface area contributed by atoms with Gasteiger partial charge in [0, 0.05) is 45.3 Å². The van der Waals surface area contributed by atoms with Gasteiger partial charge in [-0.2, -0.15) is 0 Å². The third kappa shape index (κ3) is 2.81. The van der Waals surface area contributed by atoms with Gasteiger partial charge in [-0.15, -0.1) is 11.3 Å². The maximum atomic E-state index is 12.1. The molecule has 3 fully saturated rings. The fourth-order valence-electron chi connectivity index (χ4n) is 2.66. The predicted octanol–water partition coefficient (Wildman–Crippen LogP) is 0.680. The molecule has 1 aromatic rings. The van der Waals surface area contributed by atoms with Crippen molar-refractivity contribution in [3.63, 3.8) is 0 Å². The van der Waals surface area contributed by atoms with Gasteiger partial charge in [-0.25, -0.2) is 13.1 Å². The monoisotopic (exact) mass is 321 g/mol. The summed E-state index contributed by atoms with van der Waals surface area (Å²) in [6.45, 7) is 5.66. The zero-order valence-electron chi connectivity index (χ0n) is 10.4. The van der Waals surface area contributed by atoms with Crippen LogP contribution in [-0.2, 0) is 10.0 Å². The Morgan fingerprint density at radius 2 is 2.11 bits per heavy atom. The zero-order chi connectivity index (χ0) is 13.5. The summed E-state index contributed by atoms with van der Waals surface area (Å²) in [7, 11) is -3.47. The normalized spacial score (nSPS) is 30.7. The van der Waals surface area contributed by atoms with E-state index >= 15 is 0 Å². The minimum absolute atomic E-state index is 0.213. The SMILES string of the molecule is O=S(=O)(NCC1CN2CCN1CC2)c1sccc1Cl. The Balaban J connectivity index is 1.65. The van der Waals surface area contributed by atoms with E-state index in [-0.39, 0.29) is 10.3 Å². The number of halogens is 1. The van der Waals surface area contributed by atoms with Crippen LogP contribution in [0.5, 0.6) is 0 Å². The van der Waals surface area contributed by atoms with Crippen molar-refractivity contribution >= 4 is 33.0 Å². The van der Waals surface area contributed by atoms with Gasteiger partial charge < -0.3 is 0 Å². The van der Waals surface area contributed by atoms with E-state index in [1.54, 1.807) is 11.4 Å². The first-order valence-corrected chi connectivity index (χ1v) is 8.99. The lowest BCUT2D eigenvalue weighted by Crippen LogP contribution is -2.63. The summed E-state index contributed by atoms with van der Waals surface area (Å²) in [5.41, 5.74) is 0. The van der Waals surface area contributed by atoms with Crippen molar-refractivity contribution in [1.29, 1.82) is 0 Å². The molecule has 3 aliphatic rings. The summed E-state index contributed by atoms with van der Waals surface area (Å²) in [5.74, 6) is 0. The topological polar surface area (TPSA) is 52.7 Å². The van der Waals surface area contributed by atoms with Gasteiger partial charge in [0.05, 0.1) is 5.02 Å². The summed E-state index contributed by atoms with van der Waals surface area (Å²) >= 11 is 7.03. The van der Waals surface area contributed by atoms with Crippen LogP contribution in [0.2, 0.25) is 5.02 Å². The smallest absolute Gasteiger partial charge is 0.251 e. The molecule has 3 saturated heterocycles. The van der Waals surface area contributed by atoms with Crippen LogP contribution in [0.25, 0.3) is 0 Å². The first-order chi connectivity index (χ1) is 9.06. The van der Waals surface area contributed by atoms with Gasteiger partial charge in [-0.05, 0) is 11.4 Å². The van der Waals surface area contributed by atoms with Crippen LogP contribution < -0.4 is 4.72 Å². The minimum Gasteiger partial charge on any atom is -0.299 e. The number of hydrogen-bond acceptors (Lipinski definition) is 5. The molecule has 8 heteroatoms. The maximum absolute atomic E-state index is 12.1. The van der Waals surface area contributed by atoms with Gasteiger partial charge in [-0.3, -0.25) is 9.80 Å². The van der Waals surface area contributed by atoms with E-state index in [2.05, 4.69) is 14.5 Å². The lowest BCUT2D eigenvalue weighted by atomic mass is 10.1. The Kier molecular flexibility index (Phi) is 3.85. The van der Waals surface area contributed by atoms with Crippen LogP contribution in [0.4, 0.5) is 0 Å². The summed E-state index contributed by atoms with van der Waals surface area (Å²) in [4.78, 5) is 4.75. The number of nitrogens with zero attached hydrogens (tertiary/aromatic N) is 2. The van der Waals surface area contributed by atoms with Gasteiger partial charge in [0.1, 0.15) is 0 Å². The quantitative estimate of drug-likeness (QED) is 0.886. The average Bonchev–Trinajstić information content (AvgIpc) is 2.85. The number of sulfonamides is 1. The van der Waals surface area contributed by atoms with Crippen molar-refractivity contribution in [3.05, 3.63) is 16.5 Å². The fourth-order valence-corrected chi connectivity index (χ4v) is 5.46. The highest BCUT2D eigenvalue weighted by molar-refractivity contribution is 7.91. The second-order valence-corrected chi connectivity index (χ2v) is 8.18. The molecule has 4 heterocycles. The molecule has 4 rings (SSSR count). The van der Waals surface area contributed by atoms with E-state index in [9.17, 15) is 8.42 Å². The number of rotatable bonds is 4. The molecule has 0 amide bonds. The first-order valence-electron chi connectivity index (χ1n) is 6.25. The van der Waals surface area contributed by atoms with Crippen LogP contribution in [0.1, 0.15) is 0 Å². The van der Waals surface area contributed by atoms with E-state index in [4.69, 9.17) is 11.6 Å². The van der Waals surface area contributed by atoms with E-state index in [1.807, 2.05) is 0 Å². The molecule has 0 spiro atoms. The van der Waals surface area contributed by atoms with Crippen LogP contribution in [0.15, 0.2) is 15.7 Å². The molecule has 3 aliphatic heterocycles. The third-order valence-corrected chi connectivity index (χ3v) is 7.18. The predicted molar refractivity (Wildman–Crippen MR) is 76.3 cm³/mol. The molecule has 0 saturated carbocycles. The van der Waals surface area contributed by atoms with E-state index in [1.165, 1.54) is 0 Å². The van der Waals surface area contributed by atoms with Crippen molar-refractivity contribution in [1.82, 2.24) is 14.5 Å². The van der Waals surface area contributed by atoms with Crippen LogP contribution in [0.3, 0.4) is 0 Å². The second kappa shape index (κ2) is 5.31. The summed E-state index contributed by atoms with van der Waals surface area (Å²) < 4.78 is 27.2. The zero-order valence-corrected chi connectivity index (χ0v) is 12.8. The molecule has 0 aromatic carbocycles. The Morgan fingerprint density at radius 3 is 2.63 bits per heavy atom. The average molecular weight is 322 g/mol. The van der Waals surface area contributed by atoms with Crippen molar-refractivity contribution < 1.29 is 8.42 Å². The summed E-state index contributed by atoms with van der Waals surface area (Å²) in [6, 6.07) is 1.88. The van der Waals surface area contributed by atoms with Crippen molar-refractivity contribution in [2.24, 2.45) is 0 Å². The Labute approximate surface area is 122 Å². The van der Waals surface area contributed by atoms with Crippen molar-refractivity contribution in [2.75, 3.05) is 39.3 Å². The summed E-state index contributed by atoms with van der Waals surface area (Å²) in [6.07, 6.45) is 0. The van der Waals surface area contributed by atoms with Gasteiger partial charge in [-0.1, -0.05) is 11.6 Å². The molecular formula is C11H16ClN3O2S2. The molecule has 19 heavy (non-hydrogen) atoms. The highest BCUT2D eigenvalue weighted by Crippen LogP contribution is 2.27. The standard InChI is InChI=1S/C11H16ClN3O2S2/c12-10-1-6-18-11(10)19(16,17)13-7-9-8-14-2-4-15(9)5-3-14/h1,6,9,13H,2-5,7-8H2. The summed E-state index contributed by atoms with van der Waals surface area (Å²) in [5, 5.41) is 1.99. The van der Waals surface area contributed by atoms with Gasteiger partial charge in [0.15, 0.2) is 4.21 Å². The van der Waals surface area contributed by atoms with Crippen LogP contribution in [0, 0.1) is 0 Å². The van der Waals surface area contributed by atoms with E-state index in [0.717, 1.165) is 44.1 Å². The third-order valence-electron chi connectivity index (χ3n) is 3.73. The molecular weight excluding hydrogens is 306 g/mol. The highest BCUT2D eigenvalue weighted by atomic mass is 35.5. The van der Waals surface area contributed by atoms with Gasteiger partial charge in [0.2, 0.25) is 0 Å². The Morgan fingerprint density at radius 1 is 1.37 bits per heavy atom. The molecule has 106 valence electrons. The minimum atomic E-state index is -3.47. The Bertz CT molecular complexity index is 552. The van der Waals surface area contributed by atoms with Gasteiger partial charge >= 0.3 is 0 Å². The lowest BCUT2D eigenvalue weighted by molar-refractivity contribution is 0.0158. The van der Waals surface area contributed by atoms with Crippen LogP contribution in [-0.4, -0.2) is 63.5 Å². The largest absolute Gasteiger partial charge is 0.299 e. The number of thiophene rings is 1. The molecule has 0 radical (unpaired) electrons. The van der Waals surface area contributed by atoms with E-state index < -0.39 is 10.0 Å². The first kappa shape index (κ1) is 13.8. The van der Waals surface area contributed by atoms with Crippen LogP contribution >= 0.6 is 22.9 Å². The molecule has 2 bridgehead atoms.